The number of halogens is 2. The molecule has 0 aliphatic rings. The van der Waals surface area contributed by atoms with Crippen LogP contribution < -0.4 is 4.74 Å². The van der Waals surface area contributed by atoms with E-state index >= 15 is 0 Å². The molecule has 2 aromatic rings. The monoisotopic (exact) mass is 312 g/mol. The first-order valence-electron chi connectivity index (χ1n) is 5.56. The maximum absolute atomic E-state index is 13.1. The van der Waals surface area contributed by atoms with Gasteiger partial charge in [-0.3, -0.25) is 4.68 Å². The molecular formula is C13H14BrFN2O. The highest BCUT2D eigenvalue weighted by Crippen LogP contribution is 2.23. The lowest BCUT2D eigenvalue weighted by Gasteiger charge is -2.08. The number of benzene rings is 1. The highest BCUT2D eigenvalue weighted by Gasteiger charge is 2.11. The van der Waals surface area contributed by atoms with Gasteiger partial charge in [0.2, 0.25) is 0 Å². The van der Waals surface area contributed by atoms with Crippen molar-refractivity contribution in [3.8, 4) is 5.75 Å². The lowest BCUT2D eigenvalue weighted by Crippen LogP contribution is -2.03. The summed E-state index contributed by atoms with van der Waals surface area (Å²) in [5, 5.41) is 4.28. The topological polar surface area (TPSA) is 27.1 Å². The van der Waals surface area contributed by atoms with Crippen molar-refractivity contribution in [1.29, 1.82) is 0 Å². The molecule has 1 heterocycles. The van der Waals surface area contributed by atoms with Gasteiger partial charge < -0.3 is 4.74 Å². The molecule has 0 radical (unpaired) electrons. The molecule has 0 unspecified atom stereocenters. The van der Waals surface area contributed by atoms with Crippen LogP contribution in [-0.4, -0.2) is 9.78 Å². The van der Waals surface area contributed by atoms with E-state index in [4.69, 9.17) is 4.74 Å². The molecule has 0 aliphatic heterocycles. The molecule has 1 aromatic heterocycles. The molecule has 0 N–H and O–H groups in total. The Morgan fingerprint density at radius 2 is 2.11 bits per heavy atom. The molecule has 0 aliphatic carbocycles. The zero-order valence-corrected chi connectivity index (χ0v) is 12.1. The third kappa shape index (κ3) is 2.56. The van der Waals surface area contributed by atoms with Crippen molar-refractivity contribution >= 4 is 15.9 Å². The van der Waals surface area contributed by atoms with Crippen LogP contribution in [-0.2, 0) is 13.7 Å². The van der Waals surface area contributed by atoms with Crippen molar-refractivity contribution in [3.63, 3.8) is 0 Å². The number of ether oxygens (including phenoxy) is 1. The van der Waals surface area contributed by atoms with E-state index in [2.05, 4.69) is 21.0 Å². The zero-order valence-electron chi connectivity index (χ0n) is 10.5. The van der Waals surface area contributed by atoms with Gasteiger partial charge in [-0.15, -0.1) is 0 Å². The molecule has 5 heteroatoms. The normalized spacial score (nSPS) is 10.7. The van der Waals surface area contributed by atoms with Crippen LogP contribution in [0.2, 0.25) is 0 Å². The van der Waals surface area contributed by atoms with Crippen LogP contribution in [0.25, 0.3) is 0 Å². The maximum Gasteiger partial charge on any atom is 0.131 e. The summed E-state index contributed by atoms with van der Waals surface area (Å²) in [6, 6.07) is 4.72. The zero-order chi connectivity index (χ0) is 13.3. The van der Waals surface area contributed by atoms with Gasteiger partial charge in [0.1, 0.15) is 18.2 Å². The summed E-state index contributed by atoms with van der Waals surface area (Å²) in [6.45, 7) is 4.03. The van der Waals surface area contributed by atoms with Gasteiger partial charge in [0, 0.05) is 7.05 Å². The van der Waals surface area contributed by atoms with E-state index in [1.807, 2.05) is 14.0 Å². The average Bonchev–Trinajstić information content (AvgIpc) is 2.56. The Balaban J connectivity index is 2.14. The van der Waals surface area contributed by atoms with E-state index in [1.165, 1.54) is 6.07 Å². The molecule has 0 atom stereocenters. The minimum atomic E-state index is -0.222. The van der Waals surface area contributed by atoms with Crippen molar-refractivity contribution in [2.24, 2.45) is 7.05 Å². The highest BCUT2D eigenvalue weighted by molar-refractivity contribution is 9.10. The Labute approximate surface area is 114 Å². The third-order valence-electron chi connectivity index (χ3n) is 2.77. The van der Waals surface area contributed by atoms with Crippen LogP contribution in [0.1, 0.15) is 17.0 Å². The second-order valence-corrected chi connectivity index (χ2v) is 4.96. The van der Waals surface area contributed by atoms with Crippen LogP contribution in [0.4, 0.5) is 4.39 Å². The van der Waals surface area contributed by atoms with Crippen LogP contribution in [0.5, 0.6) is 5.75 Å². The van der Waals surface area contributed by atoms with E-state index in [0.717, 1.165) is 15.9 Å². The summed E-state index contributed by atoms with van der Waals surface area (Å²) in [5.41, 5.74) is 2.45. The Hall–Kier alpha value is -1.36. The van der Waals surface area contributed by atoms with Crippen molar-refractivity contribution in [1.82, 2.24) is 9.78 Å². The fraction of sp³-hybridized carbons (Fsp3) is 0.308. The van der Waals surface area contributed by atoms with Gasteiger partial charge >= 0.3 is 0 Å². The summed E-state index contributed by atoms with van der Waals surface area (Å²) in [7, 11) is 1.87. The second kappa shape index (κ2) is 5.10. The molecule has 0 saturated carbocycles. The van der Waals surface area contributed by atoms with E-state index < -0.39 is 0 Å². The van der Waals surface area contributed by atoms with Crippen molar-refractivity contribution in [2.75, 3.05) is 0 Å². The number of nitrogens with zero attached hydrogens (tertiary/aromatic N) is 2. The Bertz CT molecular complexity index is 581. The minimum absolute atomic E-state index is 0.222. The Kier molecular flexibility index (Phi) is 3.71. The van der Waals surface area contributed by atoms with Crippen molar-refractivity contribution in [3.05, 3.63) is 45.4 Å². The fourth-order valence-electron chi connectivity index (χ4n) is 1.70. The van der Waals surface area contributed by atoms with Gasteiger partial charge in [0.15, 0.2) is 0 Å². The number of hydrogen-bond donors (Lipinski definition) is 0. The largest absolute Gasteiger partial charge is 0.487 e. The predicted molar refractivity (Wildman–Crippen MR) is 71.1 cm³/mol. The minimum Gasteiger partial charge on any atom is -0.487 e. The van der Waals surface area contributed by atoms with Gasteiger partial charge in [0.05, 0.1) is 15.9 Å². The standard InChI is InChI=1S/C13H14BrFN2O/c1-8-6-10(4-5-11(8)15)18-7-12-13(14)9(2)16-17(12)3/h4-6H,7H2,1-3H3. The van der Waals surface area contributed by atoms with Crippen LogP contribution in [0, 0.1) is 19.7 Å². The van der Waals surface area contributed by atoms with E-state index in [1.54, 1.807) is 23.7 Å². The Morgan fingerprint density at radius 3 is 2.67 bits per heavy atom. The van der Waals surface area contributed by atoms with E-state index in [0.29, 0.717) is 17.9 Å². The van der Waals surface area contributed by atoms with Gasteiger partial charge in [-0.05, 0) is 53.5 Å². The number of hydrogen-bond acceptors (Lipinski definition) is 2. The van der Waals surface area contributed by atoms with Gasteiger partial charge in [-0.1, -0.05) is 0 Å². The summed E-state index contributed by atoms with van der Waals surface area (Å²) in [5.74, 6) is 0.430. The first-order chi connectivity index (χ1) is 8.49. The molecule has 3 nitrogen and oxygen atoms in total. The molecule has 1 aromatic carbocycles. The number of aryl methyl sites for hydroxylation is 3. The summed E-state index contributed by atoms with van der Waals surface area (Å²) >= 11 is 3.48. The van der Waals surface area contributed by atoms with E-state index in [-0.39, 0.29) is 5.82 Å². The third-order valence-corrected chi connectivity index (χ3v) is 3.80. The molecule has 0 bridgehead atoms. The SMILES string of the molecule is Cc1cc(OCc2c(Br)c(C)nn2C)ccc1F. The Morgan fingerprint density at radius 1 is 1.39 bits per heavy atom. The average molecular weight is 313 g/mol. The van der Waals surface area contributed by atoms with Crippen molar-refractivity contribution in [2.45, 2.75) is 20.5 Å². The molecule has 0 amide bonds. The van der Waals surface area contributed by atoms with Crippen LogP contribution >= 0.6 is 15.9 Å². The predicted octanol–water partition coefficient (Wildman–Crippen LogP) is 3.52. The highest BCUT2D eigenvalue weighted by atomic mass is 79.9. The first kappa shape index (κ1) is 13.1. The molecular weight excluding hydrogens is 299 g/mol. The summed E-state index contributed by atoms with van der Waals surface area (Å²) < 4.78 is 21.5. The smallest absolute Gasteiger partial charge is 0.131 e. The lowest BCUT2D eigenvalue weighted by atomic mass is 10.2. The molecule has 0 saturated heterocycles. The molecule has 18 heavy (non-hydrogen) atoms. The fourth-order valence-corrected chi connectivity index (χ4v) is 2.15. The lowest BCUT2D eigenvalue weighted by molar-refractivity contribution is 0.293. The van der Waals surface area contributed by atoms with Crippen molar-refractivity contribution < 1.29 is 9.13 Å². The van der Waals surface area contributed by atoms with Gasteiger partial charge in [0.25, 0.3) is 0 Å². The van der Waals surface area contributed by atoms with E-state index in [9.17, 15) is 4.39 Å². The second-order valence-electron chi connectivity index (χ2n) is 4.17. The number of aromatic nitrogens is 2. The van der Waals surface area contributed by atoms with Gasteiger partial charge in [-0.2, -0.15) is 5.10 Å². The van der Waals surface area contributed by atoms with Gasteiger partial charge in [-0.25, -0.2) is 4.39 Å². The van der Waals surface area contributed by atoms with Crippen LogP contribution in [0.15, 0.2) is 22.7 Å². The molecule has 96 valence electrons. The summed E-state index contributed by atoms with van der Waals surface area (Å²) in [4.78, 5) is 0. The first-order valence-corrected chi connectivity index (χ1v) is 6.35. The number of rotatable bonds is 3. The maximum atomic E-state index is 13.1. The quantitative estimate of drug-likeness (QED) is 0.867. The molecule has 0 spiro atoms. The van der Waals surface area contributed by atoms with Crippen LogP contribution in [0.3, 0.4) is 0 Å². The summed E-state index contributed by atoms with van der Waals surface area (Å²) in [6.07, 6.45) is 0. The molecule has 0 fully saturated rings. The molecule has 2 rings (SSSR count).